The molecule has 0 radical (unpaired) electrons. The quantitative estimate of drug-likeness (QED) is 0.0701. The molecule has 0 spiro atoms. The van der Waals surface area contributed by atoms with Crippen molar-refractivity contribution < 1.29 is 59.8 Å². The average molecular weight is 669 g/mol. The summed E-state index contributed by atoms with van der Waals surface area (Å²) in [6.45, 7) is 4.44. The maximum absolute atomic E-state index is 9.84. The fourth-order valence-electron chi connectivity index (χ4n) is 5.63. The lowest BCUT2D eigenvalue weighted by atomic mass is 9.99. The molecule has 0 aliphatic carbocycles. The molecule has 2 unspecified atom stereocenters. The van der Waals surface area contributed by atoms with E-state index in [0.717, 1.165) is 25.7 Å². The number of hydrogen-bond donors (Lipinski definition) is 8. The highest BCUT2D eigenvalue weighted by Gasteiger charge is 2.44. The van der Waals surface area contributed by atoms with Gasteiger partial charge < -0.3 is 59.8 Å². The summed E-state index contributed by atoms with van der Waals surface area (Å²) in [6.07, 6.45) is 9.95. The zero-order valence-electron chi connectivity index (χ0n) is 28.5. The van der Waals surface area contributed by atoms with Crippen LogP contribution in [0.1, 0.15) is 129 Å². The first-order valence-corrected chi connectivity index (χ1v) is 18.1. The van der Waals surface area contributed by atoms with Crippen molar-refractivity contribution >= 4 is 0 Å². The van der Waals surface area contributed by atoms with Gasteiger partial charge in [-0.2, -0.15) is 0 Å². The standard InChI is InChI=1S/C18H36O6.C16H32O6/c1-2-3-4-5-6-7-8-9-10-11-12-23-18-17(22)16(21)15(20)14(13-19)24-18;1-2-3-4-5-6-7-8-9-10-21-16-15(20)14(19)13(18)12(11-17)22-16/h14-22H,2-13H2,1H3;12-20H,2-11H2,1H3/t14-,15-,16+,17-,18?;12-,13-,14+,15-,16?/m11/s1. The smallest absolute Gasteiger partial charge is 0.186 e. The Bertz CT molecular complexity index is 685. The summed E-state index contributed by atoms with van der Waals surface area (Å²) >= 11 is 0. The molecule has 2 saturated heterocycles. The molecule has 12 nitrogen and oxygen atoms in total. The molecule has 0 saturated carbocycles. The number of ether oxygens (including phenoxy) is 4. The highest BCUT2D eigenvalue weighted by molar-refractivity contribution is 4.89. The summed E-state index contributed by atoms with van der Waals surface area (Å²) in [7, 11) is 0. The van der Waals surface area contributed by atoms with Crippen molar-refractivity contribution in [3.8, 4) is 0 Å². The summed E-state index contributed by atoms with van der Waals surface area (Å²) in [6, 6.07) is 0. The Balaban J connectivity index is 0.000000462. The van der Waals surface area contributed by atoms with E-state index in [-0.39, 0.29) is 0 Å². The van der Waals surface area contributed by atoms with Gasteiger partial charge in [0.25, 0.3) is 0 Å². The van der Waals surface area contributed by atoms with Gasteiger partial charge in [-0.1, -0.05) is 117 Å². The number of aliphatic hydroxyl groups excluding tert-OH is 8. The van der Waals surface area contributed by atoms with E-state index in [0.29, 0.717) is 13.2 Å². The van der Waals surface area contributed by atoms with E-state index < -0.39 is 74.6 Å². The Kier molecular flexibility index (Phi) is 25.9. The molecule has 2 rings (SSSR count). The zero-order chi connectivity index (χ0) is 34.2. The van der Waals surface area contributed by atoms with Crippen LogP contribution in [0, 0.1) is 0 Å². The molecule has 2 aliphatic rings. The lowest BCUT2D eigenvalue weighted by molar-refractivity contribution is -0.301. The van der Waals surface area contributed by atoms with Crippen LogP contribution in [0.4, 0.5) is 0 Å². The van der Waals surface area contributed by atoms with Gasteiger partial charge >= 0.3 is 0 Å². The fraction of sp³-hybridized carbons (Fsp3) is 1.00. The third-order valence-electron chi connectivity index (χ3n) is 8.76. The average Bonchev–Trinajstić information content (AvgIpc) is 3.06. The van der Waals surface area contributed by atoms with Crippen LogP contribution >= 0.6 is 0 Å². The molecular weight excluding hydrogens is 600 g/mol. The summed E-state index contributed by atoms with van der Waals surface area (Å²) < 4.78 is 21.5. The molecule has 2 aliphatic heterocycles. The summed E-state index contributed by atoms with van der Waals surface area (Å²) in [5.41, 5.74) is 0. The molecule has 8 N–H and O–H groups in total. The van der Waals surface area contributed by atoms with Crippen LogP contribution in [0.5, 0.6) is 0 Å². The second-order valence-electron chi connectivity index (χ2n) is 12.8. The van der Waals surface area contributed by atoms with Gasteiger partial charge in [0.1, 0.15) is 48.8 Å². The van der Waals surface area contributed by atoms with Gasteiger partial charge in [-0.25, -0.2) is 0 Å². The Morgan fingerprint density at radius 2 is 0.674 bits per heavy atom. The normalized spacial score (nSPS) is 31.4. The van der Waals surface area contributed by atoms with Crippen molar-refractivity contribution in [2.24, 2.45) is 0 Å². The Hall–Kier alpha value is -0.480. The third-order valence-corrected chi connectivity index (χ3v) is 8.76. The van der Waals surface area contributed by atoms with Crippen LogP contribution in [0.3, 0.4) is 0 Å². The van der Waals surface area contributed by atoms with E-state index in [2.05, 4.69) is 13.8 Å². The number of aliphatic hydroxyl groups is 8. The monoisotopic (exact) mass is 668 g/mol. The van der Waals surface area contributed by atoms with Crippen molar-refractivity contribution in [3.05, 3.63) is 0 Å². The first-order chi connectivity index (χ1) is 22.2. The van der Waals surface area contributed by atoms with Crippen LogP contribution in [0.25, 0.3) is 0 Å². The van der Waals surface area contributed by atoms with Crippen LogP contribution in [0.2, 0.25) is 0 Å². The molecule has 0 aromatic rings. The molecule has 12 heteroatoms. The molecule has 10 atom stereocenters. The Morgan fingerprint density at radius 1 is 0.391 bits per heavy atom. The van der Waals surface area contributed by atoms with E-state index in [9.17, 15) is 30.6 Å². The molecule has 0 aromatic heterocycles. The van der Waals surface area contributed by atoms with Crippen LogP contribution in [-0.4, -0.2) is 129 Å². The van der Waals surface area contributed by atoms with E-state index in [4.69, 9.17) is 29.2 Å². The highest BCUT2D eigenvalue weighted by Crippen LogP contribution is 2.23. The summed E-state index contributed by atoms with van der Waals surface area (Å²) in [5, 5.41) is 76.5. The molecule has 2 fully saturated rings. The second-order valence-corrected chi connectivity index (χ2v) is 12.8. The van der Waals surface area contributed by atoms with Crippen molar-refractivity contribution in [3.63, 3.8) is 0 Å². The van der Waals surface area contributed by atoms with Gasteiger partial charge in [0.15, 0.2) is 12.6 Å². The van der Waals surface area contributed by atoms with Crippen LogP contribution < -0.4 is 0 Å². The first kappa shape index (κ1) is 43.5. The lowest BCUT2D eigenvalue weighted by Crippen LogP contribution is -2.59. The van der Waals surface area contributed by atoms with E-state index in [1.54, 1.807) is 0 Å². The van der Waals surface area contributed by atoms with Crippen molar-refractivity contribution in [1.29, 1.82) is 0 Å². The highest BCUT2D eigenvalue weighted by atomic mass is 16.7. The number of hydrogen-bond acceptors (Lipinski definition) is 12. The Morgan fingerprint density at radius 3 is 0.957 bits per heavy atom. The topological polar surface area (TPSA) is 199 Å². The largest absolute Gasteiger partial charge is 0.394 e. The van der Waals surface area contributed by atoms with Crippen LogP contribution in [-0.2, 0) is 18.9 Å². The maximum atomic E-state index is 9.84. The van der Waals surface area contributed by atoms with Gasteiger partial charge in [0.2, 0.25) is 0 Å². The van der Waals surface area contributed by atoms with Crippen molar-refractivity contribution in [2.45, 2.75) is 191 Å². The predicted molar refractivity (Wildman–Crippen MR) is 174 cm³/mol. The molecule has 0 amide bonds. The zero-order valence-corrected chi connectivity index (χ0v) is 28.5. The molecule has 0 aromatic carbocycles. The van der Waals surface area contributed by atoms with E-state index >= 15 is 0 Å². The van der Waals surface area contributed by atoms with E-state index in [1.807, 2.05) is 0 Å². The van der Waals surface area contributed by atoms with E-state index in [1.165, 1.54) is 89.9 Å². The minimum atomic E-state index is -1.37. The minimum Gasteiger partial charge on any atom is -0.394 e. The van der Waals surface area contributed by atoms with Gasteiger partial charge in [-0.15, -0.1) is 0 Å². The number of rotatable bonds is 24. The molecule has 276 valence electrons. The lowest BCUT2D eigenvalue weighted by Gasteiger charge is -2.39. The minimum absolute atomic E-state index is 0.428. The fourth-order valence-corrected chi connectivity index (χ4v) is 5.63. The van der Waals surface area contributed by atoms with Gasteiger partial charge in [0, 0.05) is 13.2 Å². The first-order valence-electron chi connectivity index (χ1n) is 18.1. The molecule has 0 bridgehead atoms. The van der Waals surface area contributed by atoms with Crippen LogP contribution in [0.15, 0.2) is 0 Å². The van der Waals surface area contributed by atoms with Gasteiger partial charge in [-0.3, -0.25) is 0 Å². The molecule has 2 heterocycles. The second kappa shape index (κ2) is 27.4. The van der Waals surface area contributed by atoms with Crippen molar-refractivity contribution in [1.82, 2.24) is 0 Å². The Labute approximate surface area is 277 Å². The maximum Gasteiger partial charge on any atom is 0.186 e. The predicted octanol–water partition coefficient (Wildman–Crippen LogP) is 2.67. The van der Waals surface area contributed by atoms with Gasteiger partial charge in [0.05, 0.1) is 13.2 Å². The summed E-state index contributed by atoms with van der Waals surface area (Å²) in [5.74, 6) is 0. The third kappa shape index (κ3) is 17.3. The van der Waals surface area contributed by atoms with Gasteiger partial charge in [-0.05, 0) is 12.8 Å². The molecule has 46 heavy (non-hydrogen) atoms. The summed E-state index contributed by atoms with van der Waals surface area (Å²) in [4.78, 5) is 0. The van der Waals surface area contributed by atoms with Crippen molar-refractivity contribution in [2.75, 3.05) is 26.4 Å². The molecular formula is C34H68O12. The SMILES string of the molecule is CCCCCCCCCCCCOC1O[C@H](CO)[C@@H](O)[C@H](O)[C@H]1O.CCCCCCCCCCOC1O[C@H](CO)[C@@H](O)[C@H](O)[C@H]1O. The number of unbranched alkanes of at least 4 members (excludes halogenated alkanes) is 16.